The van der Waals surface area contributed by atoms with Gasteiger partial charge >= 0.3 is 0 Å². The van der Waals surface area contributed by atoms with Crippen molar-refractivity contribution in [3.63, 3.8) is 0 Å². The molecule has 0 radical (unpaired) electrons. The van der Waals surface area contributed by atoms with Crippen LogP contribution in [0.4, 0.5) is 4.39 Å². The third-order valence-electron chi connectivity index (χ3n) is 2.89. The van der Waals surface area contributed by atoms with Crippen molar-refractivity contribution in [3.05, 3.63) is 72.0 Å². The maximum Gasteiger partial charge on any atom is 0.123 e. The summed E-state index contributed by atoms with van der Waals surface area (Å²) in [6, 6.07) is 18.7. The van der Waals surface area contributed by atoms with Crippen LogP contribution in [0.2, 0.25) is 0 Å². The molecule has 0 amide bonds. The molecule has 2 rings (SSSR count). The first-order valence-corrected chi connectivity index (χ1v) is 7.07. The van der Waals surface area contributed by atoms with E-state index in [0.29, 0.717) is 0 Å². The third kappa shape index (κ3) is 8.15. The van der Waals surface area contributed by atoms with Gasteiger partial charge in [-0.2, -0.15) is 0 Å². The summed E-state index contributed by atoms with van der Waals surface area (Å²) in [5.74, 6) is -0.178. The van der Waals surface area contributed by atoms with Gasteiger partial charge in [0, 0.05) is 0 Å². The predicted molar refractivity (Wildman–Crippen MR) is 80.7 cm³/mol. The Morgan fingerprint density at radius 2 is 1.32 bits per heavy atom. The van der Waals surface area contributed by atoms with E-state index in [4.69, 9.17) is 0 Å². The smallest absolute Gasteiger partial charge is 0.123 e. The lowest BCUT2D eigenvalue weighted by atomic mass is 10.1. The van der Waals surface area contributed by atoms with Gasteiger partial charge in [0.1, 0.15) is 5.82 Å². The van der Waals surface area contributed by atoms with Crippen molar-refractivity contribution in [1.82, 2.24) is 0 Å². The molecule has 0 aliphatic carbocycles. The number of benzene rings is 2. The van der Waals surface area contributed by atoms with E-state index in [1.165, 1.54) is 49.8 Å². The van der Waals surface area contributed by atoms with Crippen molar-refractivity contribution < 1.29 is 4.39 Å². The van der Waals surface area contributed by atoms with Crippen molar-refractivity contribution in [2.24, 2.45) is 0 Å². The summed E-state index contributed by atoms with van der Waals surface area (Å²) in [5, 5.41) is 0. The SMILES string of the molecule is CCCCCCc1ccccc1.Fc1ccccc1. The van der Waals surface area contributed by atoms with Gasteiger partial charge in [-0.3, -0.25) is 0 Å². The summed E-state index contributed by atoms with van der Waals surface area (Å²) in [4.78, 5) is 0. The summed E-state index contributed by atoms with van der Waals surface area (Å²) in [6.07, 6.45) is 6.69. The zero-order valence-electron chi connectivity index (χ0n) is 11.7. The van der Waals surface area contributed by atoms with Crippen LogP contribution in [0.25, 0.3) is 0 Å². The van der Waals surface area contributed by atoms with Gasteiger partial charge < -0.3 is 0 Å². The lowest BCUT2D eigenvalue weighted by molar-refractivity contribution is 0.628. The number of unbranched alkanes of at least 4 members (excludes halogenated alkanes) is 3. The highest BCUT2D eigenvalue weighted by molar-refractivity contribution is 5.14. The molecule has 0 atom stereocenters. The summed E-state index contributed by atoms with van der Waals surface area (Å²) < 4.78 is 11.9. The van der Waals surface area contributed by atoms with Gasteiger partial charge in [0.2, 0.25) is 0 Å². The van der Waals surface area contributed by atoms with Gasteiger partial charge in [-0.15, -0.1) is 0 Å². The average molecular weight is 258 g/mol. The molecule has 2 aromatic rings. The molecule has 0 bridgehead atoms. The first-order chi connectivity index (χ1) is 9.33. The molecule has 0 unspecified atom stereocenters. The Hall–Kier alpha value is -1.63. The highest BCUT2D eigenvalue weighted by atomic mass is 19.1. The van der Waals surface area contributed by atoms with Crippen LogP contribution in [-0.2, 0) is 6.42 Å². The predicted octanol–water partition coefficient (Wildman–Crippen LogP) is 5.64. The van der Waals surface area contributed by atoms with Gasteiger partial charge in [-0.05, 0) is 30.5 Å². The molecular formula is C18H23F. The van der Waals surface area contributed by atoms with Gasteiger partial charge in [-0.25, -0.2) is 4.39 Å². The topological polar surface area (TPSA) is 0 Å². The minimum Gasteiger partial charge on any atom is -0.207 e. The van der Waals surface area contributed by atoms with Gasteiger partial charge in [-0.1, -0.05) is 74.7 Å². The second-order valence-electron chi connectivity index (χ2n) is 4.59. The highest BCUT2D eigenvalue weighted by Crippen LogP contribution is 2.06. The molecule has 0 spiro atoms. The summed E-state index contributed by atoms with van der Waals surface area (Å²) in [6.45, 7) is 2.25. The van der Waals surface area contributed by atoms with Crippen molar-refractivity contribution in [1.29, 1.82) is 0 Å². The molecule has 102 valence electrons. The Bertz CT molecular complexity index is 408. The fraction of sp³-hybridized carbons (Fsp3) is 0.333. The van der Waals surface area contributed by atoms with Gasteiger partial charge in [0.05, 0.1) is 0 Å². The molecule has 1 heteroatoms. The third-order valence-corrected chi connectivity index (χ3v) is 2.89. The standard InChI is InChI=1S/C12H18.C6H5F/c1-2-3-4-6-9-12-10-7-5-8-11-12;7-6-4-2-1-3-5-6/h5,7-8,10-11H,2-4,6,9H2,1H3;1-5H. The maximum atomic E-state index is 11.9. The highest BCUT2D eigenvalue weighted by Gasteiger charge is 1.90. The van der Waals surface area contributed by atoms with E-state index in [9.17, 15) is 4.39 Å². The van der Waals surface area contributed by atoms with Crippen LogP contribution in [0.5, 0.6) is 0 Å². The molecule has 0 aliphatic heterocycles. The minimum absolute atomic E-state index is 0.178. The van der Waals surface area contributed by atoms with Crippen LogP contribution in [0.1, 0.15) is 38.2 Å². The van der Waals surface area contributed by atoms with Crippen molar-refractivity contribution in [3.8, 4) is 0 Å². The zero-order chi connectivity index (χ0) is 13.8. The lowest BCUT2D eigenvalue weighted by Crippen LogP contribution is -1.84. The Balaban J connectivity index is 0.000000218. The lowest BCUT2D eigenvalue weighted by Gasteiger charge is -1.99. The first-order valence-electron chi connectivity index (χ1n) is 7.07. The second kappa shape index (κ2) is 10.3. The van der Waals surface area contributed by atoms with E-state index >= 15 is 0 Å². The molecule has 0 N–H and O–H groups in total. The monoisotopic (exact) mass is 258 g/mol. The van der Waals surface area contributed by atoms with E-state index < -0.39 is 0 Å². The Morgan fingerprint density at radius 1 is 0.737 bits per heavy atom. The van der Waals surface area contributed by atoms with Gasteiger partial charge in [0.25, 0.3) is 0 Å². The quantitative estimate of drug-likeness (QED) is 0.609. The molecule has 0 fully saturated rings. The van der Waals surface area contributed by atoms with Crippen LogP contribution in [0, 0.1) is 5.82 Å². The van der Waals surface area contributed by atoms with Crippen molar-refractivity contribution >= 4 is 0 Å². The molecule has 0 saturated carbocycles. The molecule has 0 nitrogen and oxygen atoms in total. The van der Waals surface area contributed by atoms with Crippen molar-refractivity contribution in [2.75, 3.05) is 0 Å². The maximum absolute atomic E-state index is 11.9. The van der Waals surface area contributed by atoms with Crippen LogP contribution >= 0.6 is 0 Å². The normalized spacial score (nSPS) is 9.58. The first kappa shape index (κ1) is 15.4. The van der Waals surface area contributed by atoms with Crippen LogP contribution in [-0.4, -0.2) is 0 Å². The number of rotatable bonds is 5. The van der Waals surface area contributed by atoms with E-state index in [0.717, 1.165) is 0 Å². The van der Waals surface area contributed by atoms with Crippen LogP contribution in [0.15, 0.2) is 60.7 Å². The fourth-order valence-corrected chi connectivity index (χ4v) is 1.82. The second-order valence-corrected chi connectivity index (χ2v) is 4.59. The van der Waals surface area contributed by atoms with E-state index in [1.54, 1.807) is 18.2 Å². The average Bonchev–Trinajstić information content (AvgIpc) is 2.46. The van der Waals surface area contributed by atoms with Crippen LogP contribution < -0.4 is 0 Å². The van der Waals surface area contributed by atoms with E-state index in [-0.39, 0.29) is 5.82 Å². The van der Waals surface area contributed by atoms with Crippen LogP contribution in [0.3, 0.4) is 0 Å². The summed E-state index contributed by atoms with van der Waals surface area (Å²) in [7, 11) is 0. The number of aryl methyl sites for hydroxylation is 1. The number of hydrogen-bond acceptors (Lipinski definition) is 0. The Kier molecular flexibility index (Phi) is 8.37. The Morgan fingerprint density at radius 3 is 1.79 bits per heavy atom. The molecule has 0 aromatic heterocycles. The molecular weight excluding hydrogens is 235 g/mol. The fourth-order valence-electron chi connectivity index (χ4n) is 1.82. The number of halogens is 1. The molecule has 2 aromatic carbocycles. The van der Waals surface area contributed by atoms with E-state index in [2.05, 4.69) is 37.3 Å². The summed E-state index contributed by atoms with van der Waals surface area (Å²) in [5.41, 5.74) is 1.48. The molecule has 0 aliphatic rings. The molecule has 0 saturated heterocycles. The summed E-state index contributed by atoms with van der Waals surface area (Å²) >= 11 is 0. The van der Waals surface area contributed by atoms with Gasteiger partial charge in [0.15, 0.2) is 0 Å². The Labute approximate surface area is 116 Å². The molecule has 0 heterocycles. The molecule has 19 heavy (non-hydrogen) atoms. The van der Waals surface area contributed by atoms with E-state index in [1.807, 2.05) is 0 Å². The number of hydrogen-bond donors (Lipinski definition) is 0. The zero-order valence-corrected chi connectivity index (χ0v) is 11.7. The largest absolute Gasteiger partial charge is 0.207 e. The van der Waals surface area contributed by atoms with Crippen molar-refractivity contribution in [2.45, 2.75) is 39.0 Å². The minimum atomic E-state index is -0.178.